The van der Waals surface area contributed by atoms with Gasteiger partial charge in [0.2, 0.25) is 5.91 Å². The standard InChI is InChI=1S/C18H18ClNO2S/c1-11-15-5-7-23-17(15)4-6-20(11)18(21)13-8-12-9-14(19)2-3-16(12)22-10-13/h2-3,5,7,9,11,13H,4,6,8,10H2,1H3/t11-,13+/m1/s1. The minimum absolute atomic E-state index is 0.122. The molecule has 1 amide bonds. The summed E-state index contributed by atoms with van der Waals surface area (Å²) in [6.07, 6.45) is 1.66. The Morgan fingerprint density at radius 3 is 3.13 bits per heavy atom. The van der Waals surface area contributed by atoms with Gasteiger partial charge in [-0.15, -0.1) is 11.3 Å². The van der Waals surface area contributed by atoms with E-state index in [1.807, 2.05) is 23.1 Å². The number of amides is 1. The minimum atomic E-state index is -0.122. The van der Waals surface area contributed by atoms with E-state index in [2.05, 4.69) is 18.4 Å². The zero-order valence-electron chi connectivity index (χ0n) is 12.9. The predicted molar refractivity (Wildman–Crippen MR) is 92.3 cm³/mol. The summed E-state index contributed by atoms with van der Waals surface area (Å²) in [6.45, 7) is 3.37. The molecule has 0 unspecified atom stereocenters. The molecule has 3 heterocycles. The van der Waals surface area contributed by atoms with E-state index < -0.39 is 0 Å². The zero-order valence-corrected chi connectivity index (χ0v) is 14.5. The van der Waals surface area contributed by atoms with Gasteiger partial charge in [0.1, 0.15) is 12.4 Å². The summed E-state index contributed by atoms with van der Waals surface area (Å²) in [5.74, 6) is 0.925. The van der Waals surface area contributed by atoms with E-state index in [4.69, 9.17) is 16.3 Å². The number of hydrogen-bond acceptors (Lipinski definition) is 3. The molecule has 0 fully saturated rings. The average molecular weight is 348 g/mol. The number of benzene rings is 1. The van der Waals surface area contributed by atoms with Gasteiger partial charge in [-0.05, 0) is 60.5 Å². The Bertz CT molecular complexity index is 757. The Morgan fingerprint density at radius 1 is 1.39 bits per heavy atom. The first kappa shape index (κ1) is 15.0. The predicted octanol–water partition coefficient (Wildman–Crippen LogP) is 4.10. The van der Waals surface area contributed by atoms with E-state index in [0.717, 1.165) is 24.3 Å². The number of fused-ring (bicyclic) bond motifs is 2. The molecular weight excluding hydrogens is 330 g/mol. The number of halogens is 1. The quantitative estimate of drug-likeness (QED) is 0.777. The van der Waals surface area contributed by atoms with E-state index >= 15 is 0 Å². The molecule has 0 bridgehead atoms. The Balaban J connectivity index is 1.54. The highest BCUT2D eigenvalue weighted by Gasteiger charge is 2.34. The van der Waals surface area contributed by atoms with Gasteiger partial charge in [-0.2, -0.15) is 0 Å². The van der Waals surface area contributed by atoms with Crippen molar-refractivity contribution in [2.75, 3.05) is 13.2 Å². The molecule has 1 aromatic heterocycles. The average Bonchev–Trinajstić information content (AvgIpc) is 3.03. The van der Waals surface area contributed by atoms with Gasteiger partial charge >= 0.3 is 0 Å². The summed E-state index contributed by atoms with van der Waals surface area (Å²) in [5.41, 5.74) is 2.33. The third kappa shape index (κ3) is 2.64. The second-order valence-electron chi connectivity index (χ2n) is 6.22. The lowest BCUT2D eigenvalue weighted by atomic mass is 9.93. The molecule has 0 saturated carbocycles. The van der Waals surface area contributed by atoms with Crippen molar-refractivity contribution in [2.45, 2.75) is 25.8 Å². The van der Waals surface area contributed by atoms with Crippen LogP contribution in [0.1, 0.15) is 29.0 Å². The minimum Gasteiger partial charge on any atom is -0.492 e. The van der Waals surface area contributed by atoms with Gasteiger partial charge in [0.05, 0.1) is 12.0 Å². The molecule has 4 rings (SSSR count). The van der Waals surface area contributed by atoms with Crippen molar-refractivity contribution in [1.82, 2.24) is 4.90 Å². The lowest BCUT2D eigenvalue weighted by Gasteiger charge is -2.37. The second kappa shape index (κ2) is 5.84. The molecule has 5 heteroatoms. The molecule has 0 spiro atoms. The van der Waals surface area contributed by atoms with Crippen LogP contribution in [-0.2, 0) is 17.6 Å². The number of thiophene rings is 1. The largest absolute Gasteiger partial charge is 0.492 e. The monoisotopic (exact) mass is 347 g/mol. The fourth-order valence-electron chi connectivity index (χ4n) is 3.57. The summed E-state index contributed by atoms with van der Waals surface area (Å²) >= 11 is 7.86. The molecule has 3 nitrogen and oxygen atoms in total. The van der Waals surface area contributed by atoms with E-state index in [0.29, 0.717) is 18.1 Å². The van der Waals surface area contributed by atoms with Crippen LogP contribution in [0.5, 0.6) is 5.75 Å². The molecule has 1 aromatic carbocycles. The molecule has 0 aliphatic carbocycles. The number of hydrogen-bond donors (Lipinski definition) is 0. The topological polar surface area (TPSA) is 29.5 Å². The summed E-state index contributed by atoms with van der Waals surface area (Å²) in [4.78, 5) is 16.4. The van der Waals surface area contributed by atoms with Crippen molar-refractivity contribution in [2.24, 2.45) is 5.92 Å². The van der Waals surface area contributed by atoms with Crippen LogP contribution in [0.3, 0.4) is 0 Å². The molecule has 23 heavy (non-hydrogen) atoms. The van der Waals surface area contributed by atoms with Crippen molar-refractivity contribution in [3.05, 3.63) is 50.7 Å². The molecule has 0 radical (unpaired) electrons. The number of ether oxygens (including phenoxy) is 1. The fraction of sp³-hybridized carbons (Fsp3) is 0.389. The Labute approximate surface area is 144 Å². The maximum atomic E-state index is 13.0. The number of nitrogens with zero attached hydrogens (tertiary/aromatic N) is 1. The highest BCUT2D eigenvalue weighted by molar-refractivity contribution is 7.10. The Kier molecular flexibility index (Phi) is 3.82. The van der Waals surface area contributed by atoms with E-state index in [9.17, 15) is 4.79 Å². The first-order valence-corrected chi connectivity index (χ1v) is 9.17. The highest BCUT2D eigenvalue weighted by Crippen LogP contribution is 2.36. The van der Waals surface area contributed by atoms with E-state index in [1.165, 1.54) is 10.4 Å². The van der Waals surface area contributed by atoms with Crippen LogP contribution in [0.2, 0.25) is 5.02 Å². The van der Waals surface area contributed by atoms with Crippen LogP contribution in [0.25, 0.3) is 0 Å². The molecule has 2 aliphatic rings. The van der Waals surface area contributed by atoms with Gasteiger partial charge in [0.25, 0.3) is 0 Å². The summed E-state index contributed by atoms with van der Waals surface area (Å²) in [7, 11) is 0. The second-order valence-corrected chi connectivity index (χ2v) is 7.66. The lowest BCUT2D eigenvalue weighted by Crippen LogP contribution is -2.44. The van der Waals surface area contributed by atoms with Gasteiger partial charge < -0.3 is 9.64 Å². The van der Waals surface area contributed by atoms with Crippen LogP contribution in [0, 0.1) is 5.92 Å². The first-order valence-electron chi connectivity index (χ1n) is 7.91. The summed E-state index contributed by atoms with van der Waals surface area (Å²) in [5, 5.41) is 2.81. The fourth-order valence-corrected chi connectivity index (χ4v) is 4.72. The van der Waals surface area contributed by atoms with Crippen molar-refractivity contribution in [3.63, 3.8) is 0 Å². The van der Waals surface area contributed by atoms with Gasteiger partial charge in [0.15, 0.2) is 0 Å². The smallest absolute Gasteiger partial charge is 0.229 e. The van der Waals surface area contributed by atoms with Crippen LogP contribution >= 0.6 is 22.9 Å². The van der Waals surface area contributed by atoms with Crippen LogP contribution in [-0.4, -0.2) is 24.0 Å². The van der Waals surface area contributed by atoms with Gasteiger partial charge in [-0.25, -0.2) is 0 Å². The van der Waals surface area contributed by atoms with Gasteiger partial charge in [0, 0.05) is 16.4 Å². The molecule has 2 atom stereocenters. The van der Waals surface area contributed by atoms with E-state index in [-0.39, 0.29) is 17.9 Å². The maximum absolute atomic E-state index is 13.0. The van der Waals surface area contributed by atoms with Crippen molar-refractivity contribution in [3.8, 4) is 5.75 Å². The van der Waals surface area contributed by atoms with Gasteiger partial charge in [-0.3, -0.25) is 4.79 Å². The lowest BCUT2D eigenvalue weighted by molar-refractivity contribution is -0.139. The normalized spacial score (nSPS) is 23.0. The number of rotatable bonds is 1. The third-order valence-electron chi connectivity index (χ3n) is 4.84. The van der Waals surface area contributed by atoms with Crippen molar-refractivity contribution >= 4 is 28.8 Å². The SMILES string of the molecule is C[C@@H]1c2ccsc2CCN1C(=O)[C@@H]1COc2ccc(Cl)cc2C1. The summed E-state index contributed by atoms with van der Waals surface area (Å²) < 4.78 is 5.79. The molecule has 120 valence electrons. The number of carbonyl (C=O) groups is 1. The molecule has 0 N–H and O–H groups in total. The third-order valence-corrected chi connectivity index (χ3v) is 6.07. The van der Waals surface area contributed by atoms with Crippen molar-refractivity contribution < 1.29 is 9.53 Å². The Hall–Kier alpha value is -1.52. The van der Waals surface area contributed by atoms with Crippen LogP contribution in [0.4, 0.5) is 0 Å². The van der Waals surface area contributed by atoms with Crippen molar-refractivity contribution in [1.29, 1.82) is 0 Å². The molecule has 0 saturated heterocycles. The maximum Gasteiger partial charge on any atom is 0.229 e. The van der Waals surface area contributed by atoms with Crippen LogP contribution in [0.15, 0.2) is 29.6 Å². The first-order chi connectivity index (χ1) is 11.1. The van der Waals surface area contributed by atoms with Gasteiger partial charge in [-0.1, -0.05) is 11.6 Å². The molecular formula is C18H18ClNO2S. The van der Waals surface area contributed by atoms with Crippen LogP contribution < -0.4 is 4.74 Å². The molecule has 2 aromatic rings. The Morgan fingerprint density at radius 2 is 2.26 bits per heavy atom. The number of carbonyl (C=O) groups excluding carboxylic acids is 1. The highest BCUT2D eigenvalue weighted by atomic mass is 35.5. The molecule has 2 aliphatic heterocycles. The summed E-state index contributed by atoms with van der Waals surface area (Å²) in [6, 6.07) is 7.93. The zero-order chi connectivity index (χ0) is 16.0. The van der Waals surface area contributed by atoms with E-state index in [1.54, 1.807) is 11.3 Å².